The van der Waals surface area contributed by atoms with Crippen LogP contribution in [0.15, 0.2) is 30.3 Å². The molecular weight excluding hydrogens is 250 g/mol. The van der Waals surface area contributed by atoms with Crippen molar-refractivity contribution in [3.05, 3.63) is 36.4 Å². The van der Waals surface area contributed by atoms with Gasteiger partial charge in [0.2, 0.25) is 0 Å². The Morgan fingerprint density at radius 2 is 1.25 bits per heavy atom. The molecule has 0 saturated heterocycles. The molecule has 8 heavy (non-hydrogen) atoms. The third kappa shape index (κ3) is 5.56. The first kappa shape index (κ1) is 12.1. The average molecular weight is 255 g/mol. The topological polar surface area (TPSA) is 0 Å². The summed E-state index contributed by atoms with van der Waals surface area (Å²) < 4.78 is 0. The molecule has 0 heterocycles. The summed E-state index contributed by atoms with van der Waals surface area (Å²) in [5, 5.41) is 0. The van der Waals surface area contributed by atoms with Crippen molar-refractivity contribution in [3.8, 4) is 0 Å². The van der Waals surface area contributed by atoms with Gasteiger partial charge in [-0.2, -0.15) is 36.4 Å². The summed E-state index contributed by atoms with van der Waals surface area (Å²) in [7, 11) is 0. The fourth-order valence-electron chi connectivity index (χ4n) is 0.342. The number of hydrogen-bond acceptors (Lipinski definition) is 0. The standard InChI is InChI=1S/C6H5.2Y/c1-2-4-6-5-3-1;;/h1-5H;;/q-1;;. The van der Waals surface area contributed by atoms with Crippen molar-refractivity contribution < 1.29 is 65.4 Å². The van der Waals surface area contributed by atoms with Crippen LogP contribution < -0.4 is 0 Å². The van der Waals surface area contributed by atoms with Gasteiger partial charge in [-0.05, 0) is 0 Å². The molecule has 0 amide bonds. The molecule has 36 valence electrons. The van der Waals surface area contributed by atoms with Crippen LogP contribution in [0.5, 0.6) is 0 Å². The Labute approximate surface area is 100 Å². The Balaban J connectivity index is 0. The molecule has 0 unspecified atom stereocenters. The molecule has 0 N–H and O–H groups in total. The summed E-state index contributed by atoms with van der Waals surface area (Å²) in [6.07, 6.45) is 0. The van der Waals surface area contributed by atoms with Gasteiger partial charge in [-0.25, -0.2) is 0 Å². The molecule has 1 aromatic rings. The van der Waals surface area contributed by atoms with Gasteiger partial charge in [0.1, 0.15) is 0 Å². The van der Waals surface area contributed by atoms with Gasteiger partial charge in [0.25, 0.3) is 0 Å². The summed E-state index contributed by atoms with van der Waals surface area (Å²) in [6.45, 7) is 0. The maximum atomic E-state index is 2.89. The minimum absolute atomic E-state index is 0. The van der Waals surface area contributed by atoms with Gasteiger partial charge in [-0.15, -0.1) is 0 Å². The molecule has 0 nitrogen and oxygen atoms in total. The van der Waals surface area contributed by atoms with Gasteiger partial charge in [-0.1, -0.05) is 0 Å². The fraction of sp³-hybridized carbons (Fsp3) is 0. The summed E-state index contributed by atoms with van der Waals surface area (Å²) in [6, 6.07) is 12.5. The zero-order valence-electron chi connectivity index (χ0n) is 4.54. The Morgan fingerprint density at radius 1 is 0.750 bits per heavy atom. The minimum atomic E-state index is 0. The largest absolute Gasteiger partial charge is 0.184 e. The molecule has 0 aromatic heterocycles. The van der Waals surface area contributed by atoms with Gasteiger partial charge < -0.3 is 0 Å². The minimum Gasteiger partial charge on any atom is -0.184 e. The van der Waals surface area contributed by atoms with Crippen molar-refractivity contribution in [2.75, 3.05) is 0 Å². The number of rotatable bonds is 0. The molecule has 0 fully saturated rings. The first-order valence-electron chi connectivity index (χ1n) is 1.91. The summed E-state index contributed by atoms with van der Waals surface area (Å²) >= 11 is 0. The van der Waals surface area contributed by atoms with E-state index < -0.39 is 0 Å². The third-order valence-corrected chi connectivity index (χ3v) is 0.607. The van der Waals surface area contributed by atoms with E-state index in [0.29, 0.717) is 0 Å². The van der Waals surface area contributed by atoms with Crippen LogP contribution in [0.2, 0.25) is 0 Å². The van der Waals surface area contributed by atoms with E-state index in [1.807, 2.05) is 30.3 Å². The van der Waals surface area contributed by atoms with Gasteiger partial charge in [0, 0.05) is 65.4 Å². The smallest absolute Gasteiger partial charge is 0 e. The molecule has 1 aromatic carbocycles. The number of benzene rings is 1. The van der Waals surface area contributed by atoms with E-state index >= 15 is 0 Å². The van der Waals surface area contributed by atoms with Crippen molar-refractivity contribution in [1.29, 1.82) is 0 Å². The van der Waals surface area contributed by atoms with Gasteiger partial charge in [0.15, 0.2) is 0 Å². The first-order valence-corrected chi connectivity index (χ1v) is 1.91. The van der Waals surface area contributed by atoms with Crippen molar-refractivity contribution in [1.82, 2.24) is 0 Å². The van der Waals surface area contributed by atoms with Crippen LogP contribution in [0.1, 0.15) is 0 Å². The van der Waals surface area contributed by atoms with Crippen LogP contribution in [0.4, 0.5) is 0 Å². The molecule has 0 aliphatic rings. The number of hydrogen-bond donors (Lipinski definition) is 0. The second-order valence-electron chi connectivity index (χ2n) is 1.08. The maximum Gasteiger partial charge on any atom is 0 e. The van der Waals surface area contributed by atoms with Crippen LogP contribution in [-0.2, 0) is 65.4 Å². The summed E-state index contributed by atoms with van der Waals surface area (Å²) in [5.41, 5.74) is 0. The van der Waals surface area contributed by atoms with Gasteiger partial charge >= 0.3 is 0 Å². The first-order chi connectivity index (χ1) is 3.00. The predicted molar refractivity (Wildman–Crippen MR) is 25.3 cm³/mol. The van der Waals surface area contributed by atoms with E-state index in [2.05, 4.69) is 6.07 Å². The van der Waals surface area contributed by atoms with Crippen molar-refractivity contribution in [2.24, 2.45) is 0 Å². The molecule has 0 bridgehead atoms. The molecule has 1 rings (SSSR count). The Hall–Kier alpha value is 1.43. The Kier molecular flexibility index (Phi) is 12.8. The molecule has 0 atom stereocenters. The maximum absolute atomic E-state index is 2.89. The van der Waals surface area contributed by atoms with E-state index in [0.717, 1.165) is 0 Å². The molecular formula is C6H5Y2-. The normalized spacial score (nSPS) is 6.00. The van der Waals surface area contributed by atoms with Crippen LogP contribution in [0, 0.1) is 6.07 Å². The Bertz CT molecular complexity index is 78.5. The van der Waals surface area contributed by atoms with Crippen LogP contribution in [0.3, 0.4) is 0 Å². The van der Waals surface area contributed by atoms with E-state index in [1.54, 1.807) is 0 Å². The predicted octanol–water partition coefficient (Wildman–Crippen LogP) is 1.48. The van der Waals surface area contributed by atoms with Crippen LogP contribution >= 0.6 is 0 Å². The summed E-state index contributed by atoms with van der Waals surface area (Å²) in [5.74, 6) is 0. The van der Waals surface area contributed by atoms with Gasteiger partial charge in [0.05, 0.1) is 0 Å². The molecule has 0 saturated carbocycles. The van der Waals surface area contributed by atoms with Gasteiger partial charge in [-0.3, -0.25) is 0 Å². The monoisotopic (exact) mass is 255 g/mol. The van der Waals surface area contributed by atoms with Crippen molar-refractivity contribution in [2.45, 2.75) is 0 Å². The van der Waals surface area contributed by atoms with E-state index in [9.17, 15) is 0 Å². The van der Waals surface area contributed by atoms with Crippen LogP contribution in [0.25, 0.3) is 0 Å². The fourth-order valence-corrected chi connectivity index (χ4v) is 0.342. The second-order valence-corrected chi connectivity index (χ2v) is 1.08. The molecule has 0 spiro atoms. The average Bonchev–Trinajstić information content (AvgIpc) is 1.72. The zero-order chi connectivity index (χ0) is 4.24. The quantitative estimate of drug-likeness (QED) is 0.616. The van der Waals surface area contributed by atoms with E-state index in [-0.39, 0.29) is 65.4 Å². The summed E-state index contributed by atoms with van der Waals surface area (Å²) in [4.78, 5) is 0. The SMILES string of the molecule is [Y].[Y].[c-]1ccccc1. The molecule has 0 aliphatic heterocycles. The molecule has 2 heteroatoms. The Morgan fingerprint density at radius 3 is 1.38 bits per heavy atom. The molecule has 0 aliphatic carbocycles. The van der Waals surface area contributed by atoms with Crippen molar-refractivity contribution >= 4 is 0 Å². The van der Waals surface area contributed by atoms with Crippen LogP contribution in [-0.4, -0.2) is 0 Å². The van der Waals surface area contributed by atoms with E-state index in [4.69, 9.17) is 0 Å². The second kappa shape index (κ2) is 8.43. The van der Waals surface area contributed by atoms with Crippen molar-refractivity contribution in [3.63, 3.8) is 0 Å². The van der Waals surface area contributed by atoms with E-state index in [1.165, 1.54) is 0 Å². The third-order valence-electron chi connectivity index (χ3n) is 0.607. The zero-order valence-corrected chi connectivity index (χ0v) is 10.2. The molecule has 2 radical (unpaired) electrons.